The van der Waals surface area contributed by atoms with E-state index in [0.29, 0.717) is 19.7 Å². The first kappa shape index (κ1) is 12.6. The number of carbonyl (C=O) groups is 1. The van der Waals surface area contributed by atoms with Crippen molar-refractivity contribution in [3.05, 3.63) is 9.98 Å². The minimum Gasteiger partial charge on any atom is -0.450 e. The zero-order chi connectivity index (χ0) is 12.3. The molecule has 0 aromatic carbocycles. The average molecular weight is 320 g/mol. The first-order valence-electron chi connectivity index (χ1n) is 5.48. The molecular weight excluding hydrogens is 306 g/mol. The molecule has 2 rings (SSSR count). The van der Waals surface area contributed by atoms with Crippen LogP contribution in [-0.4, -0.2) is 48.8 Å². The van der Waals surface area contributed by atoms with Gasteiger partial charge in [0.2, 0.25) is 0 Å². The van der Waals surface area contributed by atoms with Crippen molar-refractivity contribution in [1.82, 2.24) is 9.88 Å². The molecule has 1 aromatic rings. The number of thiazole rings is 1. The number of piperazine rings is 1. The Kier molecular flexibility index (Phi) is 4.22. The van der Waals surface area contributed by atoms with Crippen LogP contribution in [0.25, 0.3) is 0 Å². The van der Waals surface area contributed by atoms with Crippen LogP contribution in [0.2, 0.25) is 0 Å². The first-order chi connectivity index (χ1) is 8.20. The summed E-state index contributed by atoms with van der Waals surface area (Å²) in [6.07, 6.45) is -0.215. The van der Waals surface area contributed by atoms with Gasteiger partial charge in [-0.2, -0.15) is 0 Å². The van der Waals surface area contributed by atoms with E-state index in [0.717, 1.165) is 22.8 Å². The van der Waals surface area contributed by atoms with Gasteiger partial charge in [-0.25, -0.2) is 9.78 Å². The Morgan fingerprint density at radius 2 is 2.24 bits per heavy atom. The van der Waals surface area contributed by atoms with Crippen LogP contribution in [0.5, 0.6) is 0 Å². The molecule has 7 heteroatoms. The zero-order valence-corrected chi connectivity index (χ0v) is 12.0. The number of carbonyl (C=O) groups excluding carboxylic acids is 1. The second-order valence-corrected chi connectivity index (χ2v) is 5.27. The summed E-state index contributed by atoms with van der Waals surface area (Å²) in [4.78, 5) is 19.8. The maximum Gasteiger partial charge on any atom is 0.409 e. The van der Waals surface area contributed by atoms with Crippen molar-refractivity contribution in [2.75, 3.05) is 37.7 Å². The minimum absolute atomic E-state index is 0.215. The van der Waals surface area contributed by atoms with Gasteiger partial charge in [0.05, 0.1) is 6.61 Å². The van der Waals surface area contributed by atoms with Gasteiger partial charge in [-0.05, 0) is 22.9 Å². The number of anilines is 1. The van der Waals surface area contributed by atoms with Crippen LogP contribution < -0.4 is 4.90 Å². The standard InChI is InChI=1S/C10H14BrN3O2S/c1-2-16-10(15)14-5-3-13(4-6-14)9-12-8(11)7-17-9/h7H,2-6H2,1H3. The highest BCUT2D eigenvalue weighted by Gasteiger charge is 2.23. The molecule has 0 atom stereocenters. The predicted octanol–water partition coefficient (Wildman–Crippen LogP) is 2.18. The largest absolute Gasteiger partial charge is 0.450 e. The number of aromatic nitrogens is 1. The van der Waals surface area contributed by atoms with Gasteiger partial charge in [0.15, 0.2) is 5.13 Å². The minimum atomic E-state index is -0.215. The SMILES string of the molecule is CCOC(=O)N1CCN(c2nc(Br)cs2)CC1. The van der Waals surface area contributed by atoms with E-state index >= 15 is 0 Å². The number of nitrogens with zero attached hydrogens (tertiary/aromatic N) is 3. The lowest BCUT2D eigenvalue weighted by molar-refractivity contribution is 0.105. The van der Waals surface area contributed by atoms with E-state index < -0.39 is 0 Å². The van der Waals surface area contributed by atoms with Gasteiger partial charge in [0.1, 0.15) is 4.60 Å². The molecule has 1 aliphatic rings. The highest BCUT2D eigenvalue weighted by Crippen LogP contribution is 2.24. The lowest BCUT2D eigenvalue weighted by atomic mass is 10.3. The fourth-order valence-electron chi connectivity index (χ4n) is 1.69. The van der Waals surface area contributed by atoms with Crippen LogP contribution in [0.15, 0.2) is 9.98 Å². The normalized spacial score (nSPS) is 16.1. The smallest absolute Gasteiger partial charge is 0.409 e. The molecule has 1 aliphatic heterocycles. The number of hydrogen-bond acceptors (Lipinski definition) is 5. The number of halogens is 1. The van der Waals surface area contributed by atoms with E-state index in [1.54, 1.807) is 16.2 Å². The van der Waals surface area contributed by atoms with Gasteiger partial charge in [-0.15, -0.1) is 11.3 Å². The molecule has 1 saturated heterocycles. The molecule has 1 fully saturated rings. The third kappa shape index (κ3) is 3.10. The van der Waals surface area contributed by atoms with Gasteiger partial charge >= 0.3 is 6.09 Å². The van der Waals surface area contributed by atoms with Crippen molar-refractivity contribution in [2.45, 2.75) is 6.92 Å². The van der Waals surface area contributed by atoms with Crippen LogP contribution in [0.4, 0.5) is 9.93 Å². The monoisotopic (exact) mass is 319 g/mol. The maximum absolute atomic E-state index is 11.5. The molecule has 1 aromatic heterocycles. The molecule has 5 nitrogen and oxygen atoms in total. The van der Waals surface area contributed by atoms with Crippen molar-refractivity contribution >= 4 is 38.5 Å². The van der Waals surface area contributed by atoms with Gasteiger partial charge in [-0.1, -0.05) is 0 Å². The summed E-state index contributed by atoms with van der Waals surface area (Å²) in [5, 5.41) is 2.97. The third-order valence-electron chi connectivity index (χ3n) is 2.54. The summed E-state index contributed by atoms with van der Waals surface area (Å²) in [5.41, 5.74) is 0. The van der Waals surface area contributed by atoms with Crippen molar-refractivity contribution in [3.8, 4) is 0 Å². The molecule has 17 heavy (non-hydrogen) atoms. The maximum atomic E-state index is 11.5. The summed E-state index contributed by atoms with van der Waals surface area (Å²) >= 11 is 4.95. The topological polar surface area (TPSA) is 45.7 Å². The fourth-order valence-corrected chi connectivity index (χ4v) is 2.99. The van der Waals surface area contributed by atoms with Crippen LogP contribution in [0.1, 0.15) is 6.92 Å². The van der Waals surface area contributed by atoms with E-state index in [9.17, 15) is 4.79 Å². The Morgan fingerprint density at radius 1 is 1.53 bits per heavy atom. The van der Waals surface area contributed by atoms with Crippen LogP contribution in [0.3, 0.4) is 0 Å². The van der Waals surface area contributed by atoms with Crippen molar-refractivity contribution in [1.29, 1.82) is 0 Å². The van der Waals surface area contributed by atoms with E-state index in [4.69, 9.17) is 4.74 Å². The van der Waals surface area contributed by atoms with Gasteiger partial charge < -0.3 is 14.5 Å². The van der Waals surface area contributed by atoms with E-state index in [-0.39, 0.29) is 6.09 Å². The molecular formula is C10H14BrN3O2S. The molecule has 0 spiro atoms. The lowest BCUT2D eigenvalue weighted by Crippen LogP contribution is -2.48. The first-order valence-corrected chi connectivity index (χ1v) is 7.15. The second-order valence-electron chi connectivity index (χ2n) is 3.63. The molecule has 0 unspecified atom stereocenters. The number of amides is 1. The Bertz CT molecular complexity index is 391. The Morgan fingerprint density at radius 3 is 2.76 bits per heavy atom. The third-order valence-corrected chi connectivity index (χ3v) is 4.15. The molecule has 0 saturated carbocycles. The summed E-state index contributed by atoms with van der Waals surface area (Å²) in [7, 11) is 0. The van der Waals surface area contributed by atoms with Crippen molar-refractivity contribution in [3.63, 3.8) is 0 Å². The molecule has 0 aliphatic carbocycles. The van der Waals surface area contributed by atoms with Crippen LogP contribution >= 0.6 is 27.3 Å². The molecule has 1 amide bonds. The summed E-state index contributed by atoms with van der Waals surface area (Å²) < 4.78 is 5.84. The highest BCUT2D eigenvalue weighted by atomic mass is 79.9. The number of ether oxygens (including phenoxy) is 1. The quantitative estimate of drug-likeness (QED) is 0.838. The summed E-state index contributed by atoms with van der Waals surface area (Å²) in [6.45, 7) is 5.24. The fraction of sp³-hybridized carbons (Fsp3) is 0.600. The summed E-state index contributed by atoms with van der Waals surface area (Å²) in [6, 6.07) is 0. The van der Waals surface area contributed by atoms with Gasteiger partial charge in [0.25, 0.3) is 0 Å². The summed E-state index contributed by atoms with van der Waals surface area (Å²) in [5.74, 6) is 0. The number of rotatable bonds is 2. The molecule has 0 radical (unpaired) electrons. The molecule has 2 heterocycles. The van der Waals surface area contributed by atoms with Crippen LogP contribution in [0, 0.1) is 0 Å². The number of hydrogen-bond donors (Lipinski definition) is 0. The highest BCUT2D eigenvalue weighted by molar-refractivity contribution is 9.10. The zero-order valence-electron chi connectivity index (χ0n) is 9.56. The van der Waals surface area contributed by atoms with E-state index in [1.165, 1.54) is 0 Å². The molecule has 0 N–H and O–H groups in total. The lowest BCUT2D eigenvalue weighted by Gasteiger charge is -2.33. The average Bonchev–Trinajstić information content (AvgIpc) is 2.76. The second kappa shape index (κ2) is 5.68. The Labute approximate surface area is 113 Å². The van der Waals surface area contributed by atoms with Crippen LogP contribution in [-0.2, 0) is 4.74 Å². The van der Waals surface area contributed by atoms with Gasteiger partial charge in [-0.3, -0.25) is 0 Å². The van der Waals surface area contributed by atoms with Gasteiger partial charge in [0, 0.05) is 31.6 Å². The molecule has 0 bridgehead atoms. The molecule has 94 valence electrons. The van der Waals surface area contributed by atoms with E-state index in [1.807, 2.05) is 12.3 Å². The van der Waals surface area contributed by atoms with Crippen molar-refractivity contribution < 1.29 is 9.53 Å². The van der Waals surface area contributed by atoms with E-state index in [2.05, 4.69) is 25.8 Å². The Hall–Kier alpha value is -0.820. The Balaban J connectivity index is 1.88. The van der Waals surface area contributed by atoms with Crippen molar-refractivity contribution in [2.24, 2.45) is 0 Å². The predicted molar refractivity (Wildman–Crippen MR) is 70.6 cm³/mol.